The second kappa shape index (κ2) is 6.30. The van der Waals surface area contributed by atoms with Gasteiger partial charge in [-0.2, -0.15) is 5.26 Å². The van der Waals surface area contributed by atoms with Crippen molar-refractivity contribution >= 4 is 11.4 Å². The number of nitriles is 1. The van der Waals surface area contributed by atoms with Crippen LogP contribution in [0.25, 0.3) is 0 Å². The van der Waals surface area contributed by atoms with Gasteiger partial charge in [-0.15, -0.1) is 0 Å². The molecule has 1 aromatic carbocycles. The van der Waals surface area contributed by atoms with Crippen LogP contribution in [0.15, 0.2) is 24.3 Å². The van der Waals surface area contributed by atoms with Gasteiger partial charge in [0.05, 0.1) is 17.4 Å². The fourth-order valence-electron chi connectivity index (χ4n) is 1.83. The van der Waals surface area contributed by atoms with Crippen LogP contribution < -0.4 is 10.2 Å². The molecule has 0 bridgehead atoms. The summed E-state index contributed by atoms with van der Waals surface area (Å²) in [4.78, 5) is 2.10. The first-order valence-electron chi connectivity index (χ1n) is 6.33. The van der Waals surface area contributed by atoms with E-state index < -0.39 is 0 Å². The molecule has 1 N–H and O–H groups in total. The van der Waals surface area contributed by atoms with E-state index in [9.17, 15) is 0 Å². The van der Waals surface area contributed by atoms with Crippen LogP contribution in [0.5, 0.6) is 0 Å². The lowest BCUT2D eigenvalue weighted by Crippen LogP contribution is -2.24. The lowest BCUT2D eigenvalue weighted by atomic mass is 9.88. The Bertz CT molecular complexity index is 416. The van der Waals surface area contributed by atoms with Crippen molar-refractivity contribution in [1.82, 2.24) is 0 Å². The maximum atomic E-state index is 8.65. The number of nitrogens with zero attached hydrogens (tertiary/aromatic N) is 2. The first-order chi connectivity index (χ1) is 8.46. The highest BCUT2D eigenvalue weighted by Crippen LogP contribution is 2.27. The Hall–Kier alpha value is -1.69. The lowest BCUT2D eigenvalue weighted by Gasteiger charge is -2.26. The van der Waals surface area contributed by atoms with Gasteiger partial charge in [0.2, 0.25) is 0 Å². The second-order valence-corrected chi connectivity index (χ2v) is 5.59. The Morgan fingerprint density at radius 3 is 2.56 bits per heavy atom. The zero-order chi connectivity index (χ0) is 13.6. The van der Waals surface area contributed by atoms with E-state index in [-0.39, 0.29) is 5.41 Å². The van der Waals surface area contributed by atoms with Crippen molar-refractivity contribution < 1.29 is 0 Å². The minimum atomic E-state index is 0.134. The van der Waals surface area contributed by atoms with Crippen molar-refractivity contribution in [3.05, 3.63) is 24.3 Å². The first-order valence-corrected chi connectivity index (χ1v) is 6.33. The van der Waals surface area contributed by atoms with Crippen molar-refractivity contribution in [1.29, 1.82) is 5.26 Å². The van der Waals surface area contributed by atoms with Gasteiger partial charge in [-0.3, -0.25) is 0 Å². The molecule has 0 spiro atoms. The number of rotatable bonds is 6. The van der Waals surface area contributed by atoms with Crippen LogP contribution in [0.2, 0.25) is 0 Å². The molecule has 98 valence electrons. The van der Waals surface area contributed by atoms with Crippen LogP contribution in [-0.2, 0) is 0 Å². The predicted octanol–water partition coefficient (Wildman–Crippen LogP) is 3.49. The third kappa shape index (κ3) is 4.29. The summed E-state index contributed by atoms with van der Waals surface area (Å²) >= 11 is 0. The quantitative estimate of drug-likeness (QED) is 0.833. The zero-order valence-corrected chi connectivity index (χ0v) is 11.8. The van der Waals surface area contributed by atoms with E-state index in [1.165, 1.54) is 5.69 Å². The molecule has 0 atom stereocenters. The highest BCUT2D eigenvalue weighted by molar-refractivity contribution is 5.69. The highest BCUT2D eigenvalue weighted by Gasteiger charge is 2.17. The van der Waals surface area contributed by atoms with Crippen LogP contribution in [0.3, 0.4) is 0 Å². The summed E-state index contributed by atoms with van der Waals surface area (Å²) in [6.07, 6.45) is 1.53. The Morgan fingerprint density at radius 1 is 1.28 bits per heavy atom. The molecular weight excluding hydrogens is 222 g/mol. The Balaban J connectivity index is 2.66. The van der Waals surface area contributed by atoms with E-state index in [4.69, 9.17) is 5.26 Å². The van der Waals surface area contributed by atoms with Crippen molar-refractivity contribution in [2.45, 2.75) is 26.7 Å². The highest BCUT2D eigenvalue weighted by atomic mass is 15.1. The van der Waals surface area contributed by atoms with Gasteiger partial charge in [-0.05, 0) is 24.0 Å². The van der Waals surface area contributed by atoms with E-state index in [0.29, 0.717) is 6.42 Å². The molecule has 0 aliphatic rings. The maximum absolute atomic E-state index is 8.65. The molecule has 0 heterocycles. The molecule has 1 rings (SSSR count). The summed E-state index contributed by atoms with van der Waals surface area (Å²) in [5, 5.41) is 12.1. The molecule has 0 radical (unpaired) electrons. The monoisotopic (exact) mass is 245 g/mol. The average Bonchev–Trinajstić information content (AvgIpc) is 2.34. The predicted molar refractivity (Wildman–Crippen MR) is 77.9 cm³/mol. The van der Waals surface area contributed by atoms with Gasteiger partial charge >= 0.3 is 0 Å². The third-order valence-corrected chi connectivity index (χ3v) is 3.06. The standard InChI is InChI=1S/C15H23N3/c1-15(2,10-7-11-16)12-17-13-8-5-6-9-14(13)18(3)4/h5-6,8-9,17H,7,10,12H2,1-4H3. The minimum Gasteiger partial charge on any atom is -0.383 e. The minimum absolute atomic E-state index is 0.134. The molecule has 0 aliphatic heterocycles. The molecular formula is C15H23N3. The smallest absolute Gasteiger partial charge is 0.0621 e. The third-order valence-electron chi connectivity index (χ3n) is 3.06. The summed E-state index contributed by atoms with van der Waals surface area (Å²) in [6, 6.07) is 10.5. The van der Waals surface area contributed by atoms with Gasteiger partial charge in [0.1, 0.15) is 0 Å². The molecule has 3 heteroatoms. The fourth-order valence-corrected chi connectivity index (χ4v) is 1.83. The Labute approximate surface area is 110 Å². The molecule has 0 aromatic heterocycles. The molecule has 18 heavy (non-hydrogen) atoms. The van der Waals surface area contributed by atoms with Gasteiger partial charge in [0.25, 0.3) is 0 Å². The Kier molecular flexibility index (Phi) is 5.03. The van der Waals surface area contributed by atoms with Crippen LogP contribution >= 0.6 is 0 Å². The molecule has 0 amide bonds. The van der Waals surface area contributed by atoms with Crippen molar-refractivity contribution in [3.63, 3.8) is 0 Å². The van der Waals surface area contributed by atoms with Crippen LogP contribution in [-0.4, -0.2) is 20.6 Å². The van der Waals surface area contributed by atoms with Gasteiger partial charge in [-0.1, -0.05) is 26.0 Å². The van der Waals surface area contributed by atoms with Crippen LogP contribution in [0, 0.1) is 16.7 Å². The summed E-state index contributed by atoms with van der Waals surface area (Å²) in [7, 11) is 4.09. The van der Waals surface area contributed by atoms with Gasteiger partial charge in [0, 0.05) is 27.1 Å². The van der Waals surface area contributed by atoms with E-state index >= 15 is 0 Å². The number of hydrogen-bond donors (Lipinski definition) is 1. The van der Waals surface area contributed by atoms with E-state index in [1.807, 2.05) is 26.2 Å². The second-order valence-electron chi connectivity index (χ2n) is 5.59. The normalized spacial score (nSPS) is 10.8. The number of benzene rings is 1. The fraction of sp³-hybridized carbons (Fsp3) is 0.533. The van der Waals surface area contributed by atoms with Crippen molar-refractivity contribution in [2.75, 3.05) is 30.9 Å². The van der Waals surface area contributed by atoms with Crippen molar-refractivity contribution in [2.24, 2.45) is 5.41 Å². The zero-order valence-electron chi connectivity index (χ0n) is 11.8. The maximum Gasteiger partial charge on any atom is 0.0621 e. The number of nitrogens with one attached hydrogen (secondary N) is 1. The molecule has 0 saturated carbocycles. The number of anilines is 2. The summed E-state index contributed by atoms with van der Waals surface area (Å²) in [6.45, 7) is 5.25. The number of hydrogen-bond acceptors (Lipinski definition) is 3. The molecule has 0 unspecified atom stereocenters. The van der Waals surface area contributed by atoms with E-state index in [2.05, 4.69) is 42.3 Å². The van der Waals surface area contributed by atoms with Crippen LogP contribution in [0.1, 0.15) is 26.7 Å². The molecule has 1 aromatic rings. The van der Waals surface area contributed by atoms with Gasteiger partial charge in [0.15, 0.2) is 0 Å². The lowest BCUT2D eigenvalue weighted by molar-refractivity contribution is 0.364. The Morgan fingerprint density at radius 2 is 1.94 bits per heavy atom. The largest absolute Gasteiger partial charge is 0.383 e. The molecule has 0 fully saturated rings. The molecule has 0 saturated heterocycles. The average molecular weight is 245 g/mol. The number of para-hydroxylation sites is 2. The molecule has 0 aliphatic carbocycles. The van der Waals surface area contributed by atoms with E-state index in [1.54, 1.807) is 0 Å². The summed E-state index contributed by atoms with van der Waals surface area (Å²) in [5.41, 5.74) is 2.47. The summed E-state index contributed by atoms with van der Waals surface area (Å²) in [5.74, 6) is 0. The summed E-state index contributed by atoms with van der Waals surface area (Å²) < 4.78 is 0. The first kappa shape index (κ1) is 14.4. The van der Waals surface area contributed by atoms with E-state index in [0.717, 1.165) is 18.7 Å². The van der Waals surface area contributed by atoms with Gasteiger partial charge in [-0.25, -0.2) is 0 Å². The van der Waals surface area contributed by atoms with Crippen molar-refractivity contribution in [3.8, 4) is 6.07 Å². The SMILES string of the molecule is CN(C)c1ccccc1NCC(C)(C)CCC#N. The van der Waals surface area contributed by atoms with Gasteiger partial charge < -0.3 is 10.2 Å². The van der Waals surface area contributed by atoms with Crippen LogP contribution in [0.4, 0.5) is 11.4 Å². The molecule has 3 nitrogen and oxygen atoms in total. The topological polar surface area (TPSA) is 39.1 Å².